The van der Waals surface area contributed by atoms with Crippen LogP contribution in [0.25, 0.3) is 0 Å². The number of anilines is 2. The minimum absolute atomic E-state index is 0.168. The van der Waals surface area contributed by atoms with E-state index < -0.39 is 0 Å². The molecule has 1 heterocycles. The average molecular weight is 236 g/mol. The summed E-state index contributed by atoms with van der Waals surface area (Å²) in [4.78, 5) is 2.31. The molecule has 94 valence electrons. The van der Waals surface area contributed by atoms with Gasteiger partial charge in [0.15, 0.2) is 0 Å². The van der Waals surface area contributed by atoms with Gasteiger partial charge in [-0.15, -0.1) is 0 Å². The zero-order valence-electron chi connectivity index (χ0n) is 10.3. The molecule has 1 saturated heterocycles. The second-order valence-electron chi connectivity index (χ2n) is 4.19. The highest BCUT2D eigenvalue weighted by Gasteiger charge is 2.20. The molecule has 4 heteroatoms. The predicted molar refractivity (Wildman–Crippen MR) is 69.3 cm³/mol. The van der Waals surface area contributed by atoms with Crippen molar-refractivity contribution in [2.75, 3.05) is 43.5 Å². The highest BCUT2D eigenvalue weighted by molar-refractivity contribution is 5.53. The van der Waals surface area contributed by atoms with Crippen molar-refractivity contribution in [3.05, 3.63) is 24.3 Å². The molecule has 0 aromatic heterocycles. The largest absolute Gasteiger partial charge is 0.399 e. The fraction of sp³-hybridized carbons (Fsp3) is 0.538. The van der Waals surface area contributed by atoms with Crippen LogP contribution in [0.1, 0.15) is 6.92 Å². The predicted octanol–water partition coefficient (Wildman–Crippen LogP) is 1.51. The normalized spacial score (nSPS) is 20.5. The van der Waals surface area contributed by atoms with Crippen LogP contribution >= 0.6 is 0 Å². The quantitative estimate of drug-likeness (QED) is 0.805. The highest BCUT2D eigenvalue weighted by atomic mass is 16.5. The van der Waals surface area contributed by atoms with E-state index in [1.807, 2.05) is 19.1 Å². The van der Waals surface area contributed by atoms with E-state index >= 15 is 0 Å². The lowest BCUT2D eigenvalue weighted by Crippen LogP contribution is -2.44. The van der Waals surface area contributed by atoms with E-state index in [0.717, 1.165) is 32.0 Å². The monoisotopic (exact) mass is 236 g/mol. The number of nitrogens with zero attached hydrogens (tertiary/aromatic N) is 1. The van der Waals surface area contributed by atoms with Crippen LogP contribution in [0.5, 0.6) is 0 Å². The number of ether oxygens (including phenoxy) is 2. The van der Waals surface area contributed by atoms with Crippen LogP contribution in [0.2, 0.25) is 0 Å². The molecule has 0 bridgehead atoms. The number of nitrogens with two attached hydrogens (primary N) is 1. The van der Waals surface area contributed by atoms with Gasteiger partial charge in [-0.2, -0.15) is 0 Å². The van der Waals surface area contributed by atoms with Gasteiger partial charge in [-0.3, -0.25) is 0 Å². The first-order chi connectivity index (χ1) is 8.29. The Bertz CT molecular complexity index is 340. The van der Waals surface area contributed by atoms with Crippen molar-refractivity contribution in [1.82, 2.24) is 0 Å². The summed E-state index contributed by atoms with van der Waals surface area (Å²) >= 11 is 0. The standard InChI is InChI=1S/C13H20N2O2/c1-2-16-10-13-9-15(7-8-17-13)12-5-3-11(14)4-6-12/h3-6,13H,2,7-10,14H2,1H3/t13-/m1/s1. The maximum Gasteiger partial charge on any atom is 0.0983 e. The van der Waals surface area contributed by atoms with Crippen LogP contribution in [0.4, 0.5) is 11.4 Å². The van der Waals surface area contributed by atoms with E-state index in [1.165, 1.54) is 5.69 Å². The molecule has 1 aromatic rings. The fourth-order valence-electron chi connectivity index (χ4n) is 1.99. The minimum Gasteiger partial charge on any atom is -0.399 e. The average Bonchev–Trinajstić information content (AvgIpc) is 2.37. The van der Waals surface area contributed by atoms with Gasteiger partial charge in [-0.25, -0.2) is 0 Å². The maximum absolute atomic E-state index is 5.69. The van der Waals surface area contributed by atoms with Gasteiger partial charge in [0.1, 0.15) is 0 Å². The van der Waals surface area contributed by atoms with Crippen LogP contribution in [-0.4, -0.2) is 39.0 Å². The molecule has 2 N–H and O–H groups in total. The summed E-state index contributed by atoms with van der Waals surface area (Å²) in [6.07, 6.45) is 0.168. The molecule has 1 atom stereocenters. The molecule has 0 saturated carbocycles. The lowest BCUT2D eigenvalue weighted by Gasteiger charge is -2.34. The van der Waals surface area contributed by atoms with Crippen LogP contribution < -0.4 is 10.6 Å². The number of morpholine rings is 1. The molecule has 17 heavy (non-hydrogen) atoms. The van der Waals surface area contributed by atoms with Crippen molar-refractivity contribution in [2.45, 2.75) is 13.0 Å². The molecular formula is C13H20N2O2. The van der Waals surface area contributed by atoms with Crippen molar-refractivity contribution in [3.63, 3.8) is 0 Å². The first-order valence-electron chi connectivity index (χ1n) is 6.09. The third-order valence-corrected chi connectivity index (χ3v) is 2.90. The Hall–Kier alpha value is -1.26. The lowest BCUT2D eigenvalue weighted by atomic mass is 10.2. The number of hydrogen-bond donors (Lipinski definition) is 1. The van der Waals surface area contributed by atoms with Crippen LogP contribution in [0.3, 0.4) is 0 Å². The molecule has 1 aliphatic rings. The van der Waals surface area contributed by atoms with E-state index in [2.05, 4.69) is 17.0 Å². The molecular weight excluding hydrogens is 216 g/mol. The molecule has 0 radical (unpaired) electrons. The third kappa shape index (κ3) is 3.35. The fourth-order valence-corrected chi connectivity index (χ4v) is 1.99. The third-order valence-electron chi connectivity index (χ3n) is 2.90. The van der Waals surface area contributed by atoms with Gasteiger partial charge in [0, 0.05) is 31.1 Å². The summed E-state index contributed by atoms with van der Waals surface area (Å²) in [6.45, 7) is 5.96. The topological polar surface area (TPSA) is 47.7 Å². The summed E-state index contributed by atoms with van der Waals surface area (Å²) in [5, 5.41) is 0. The van der Waals surface area contributed by atoms with E-state index in [-0.39, 0.29) is 6.10 Å². The molecule has 1 aromatic carbocycles. The van der Waals surface area contributed by atoms with Crippen LogP contribution in [0, 0.1) is 0 Å². The van der Waals surface area contributed by atoms with E-state index in [9.17, 15) is 0 Å². The summed E-state index contributed by atoms with van der Waals surface area (Å²) in [5.41, 5.74) is 7.68. The maximum atomic E-state index is 5.69. The van der Waals surface area contributed by atoms with Crippen LogP contribution in [0.15, 0.2) is 24.3 Å². The van der Waals surface area contributed by atoms with E-state index in [0.29, 0.717) is 6.61 Å². The van der Waals surface area contributed by atoms with Gasteiger partial charge < -0.3 is 20.1 Å². The summed E-state index contributed by atoms with van der Waals surface area (Å²) in [6, 6.07) is 7.97. The number of benzene rings is 1. The van der Waals surface area contributed by atoms with Crippen molar-refractivity contribution < 1.29 is 9.47 Å². The Morgan fingerprint density at radius 2 is 2.18 bits per heavy atom. The zero-order chi connectivity index (χ0) is 12.1. The Morgan fingerprint density at radius 1 is 1.41 bits per heavy atom. The Balaban J connectivity index is 1.94. The molecule has 0 amide bonds. The Labute approximate surface area is 102 Å². The zero-order valence-corrected chi connectivity index (χ0v) is 10.3. The van der Waals surface area contributed by atoms with Gasteiger partial charge in [0.05, 0.1) is 19.3 Å². The van der Waals surface area contributed by atoms with Crippen molar-refractivity contribution in [2.24, 2.45) is 0 Å². The minimum atomic E-state index is 0.168. The summed E-state index contributed by atoms with van der Waals surface area (Å²) < 4.78 is 11.1. The number of rotatable bonds is 4. The van der Waals surface area contributed by atoms with E-state index in [4.69, 9.17) is 15.2 Å². The molecule has 0 aliphatic carbocycles. The summed E-state index contributed by atoms with van der Waals surface area (Å²) in [7, 11) is 0. The molecule has 4 nitrogen and oxygen atoms in total. The van der Waals surface area contributed by atoms with E-state index in [1.54, 1.807) is 0 Å². The van der Waals surface area contributed by atoms with Crippen LogP contribution in [-0.2, 0) is 9.47 Å². The number of hydrogen-bond acceptors (Lipinski definition) is 4. The molecule has 0 unspecified atom stereocenters. The van der Waals surface area contributed by atoms with Crippen molar-refractivity contribution in [3.8, 4) is 0 Å². The lowest BCUT2D eigenvalue weighted by molar-refractivity contribution is -0.0207. The van der Waals surface area contributed by atoms with Gasteiger partial charge >= 0.3 is 0 Å². The van der Waals surface area contributed by atoms with Gasteiger partial charge in [-0.1, -0.05) is 0 Å². The smallest absolute Gasteiger partial charge is 0.0983 e. The van der Waals surface area contributed by atoms with Crippen molar-refractivity contribution >= 4 is 11.4 Å². The highest BCUT2D eigenvalue weighted by Crippen LogP contribution is 2.19. The second kappa shape index (κ2) is 5.89. The Kier molecular flexibility index (Phi) is 4.23. The number of nitrogen functional groups attached to an aromatic ring is 1. The molecule has 2 rings (SSSR count). The van der Waals surface area contributed by atoms with Gasteiger partial charge in [0.25, 0.3) is 0 Å². The Morgan fingerprint density at radius 3 is 2.88 bits per heavy atom. The second-order valence-corrected chi connectivity index (χ2v) is 4.19. The summed E-state index contributed by atoms with van der Waals surface area (Å²) in [5.74, 6) is 0. The molecule has 0 spiro atoms. The van der Waals surface area contributed by atoms with Gasteiger partial charge in [-0.05, 0) is 31.2 Å². The first kappa shape index (κ1) is 12.2. The SMILES string of the molecule is CCOC[C@H]1CN(c2ccc(N)cc2)CCO1. The van der Waals surface area contributed by atoms with Gasteiger partial charge in [0.2, 0.25) is 0 Å². The first-order valence-corrected chi connectivity index (χ1v) is 6.09. The van der Waals surface area contributed by atoms with Crippen molar-refractivity contribution in [1.29, 1.82) is 0 Å². The molecule has 1 fully saturated rings. The molecule has 1 aliphatic heterocycles.